The van der Waals surface area contributed by atoms with Gasteiger partial charge in [-0.1, -0.05) is 31.5 Å². The topological polar surface area (TPSA) is 26.3 Å². The molecule has 0 bridgehead atoms. The summed E-state index contributed by atoms with van der Waals surface area (Å²) in [6.07, 6.45) is 3.20. The van der Waals surface area contributed by atoms with Crippen molar-refractivity contribution in [2.45, 2.75) is 38.7 Å². The largest absolute Gasteiger partial charge is 0.482 e. The monoisotopic (exact) mass is 204 g/mol. The Labute approximate surface area is 90.3 Å². The second-order valence-corrected chi connectivity index (χ2v) is 3.99. The van der Waals surface area contributed by atoms with Gasteiger partial charge in [-0.2, -0.15) is 0 Å². The van der Waals surface area contributed by atoms with E-state index in [0.29, 0.717) is 6.42 Å². The molecule has 0 saturated carbocycles. The van der Waals surface area contributed by atoms with Gasteiger partial charge in [0.25, 0.3) is 0 Å². The molecule has 1 heterocycles. The highest BCUT2D eigenvalue weighted by molar-refractivity contribution is 5.84. The van der Waals surface area contributed by atoms with Gasteiger partial charge in [-0.05, 0) is 18.1 Å². The number of hydrogen-bond acceptors (Lipinski definition) is 2. The fourth-order valence-corrected chi connectivity index (χ4v) is 1.87. The molecular weight excluding hydrogens is 188 g/mol. The summed E-state index contributed by atoms with van der Waals surface area (Å²) in [5.41, 5.74) is 1.16. The number of ether oxygens (including phenoxy) is 1. The van der Waals surface area contributed by atoms with Crippen LogP contribution >= 0.6 is 0 Å². The van der Waals surface area contributed by atoms with Gasteiger partial charge in [-0.3, -0.25) is 4.79 Å². The van der Waals surface area contributed by atoms with Crippen molar-refractivity contribution >= 4 is 5.78 Å². The molecule has 1 aromatic rings. The van der Waals surface area contributed by atoms with Crippen molar-refractivity contribution in [3.8, 4) is 5.75 Å². The van der Waals surface area contributed by atoms with Crippen LogP contribution in [-0.4, -0.2) is 11.9 Å². The Bertz CT molecular complexity index is 332. The van der Waals surface area contributed by atoms with Gasteiger partial charge in [-0.15, -0.1) is 0 Å². The third kappa shape index (κ3) is 2.20. The van der Waals surface area contributed by atoms with Gasteiger partial charge < -0.3 is 4.74 Å². The van der Waals surface area contributed by atoms with E-state index in [1.54, 1.807) is 0 Å². The fraction of sp³-hybridized carbons (Fsp3) is 0.462. The van der Waals surface area contributed by atoms with Crippen molar-refractivity contribution in [3.63, 3.8) is 0 Å². The minimum Gasteiger partial charge on any atom is -0.482 e. The van der Waals surface area contributed by atoms with Crippen LogP contribution in [0.2, 0.25) is 0 Å². The highest BCUT2D eigenvalue weighted by atomic mass is 16.5. The van der Waals surface area contributed by atoms with E-state index >= 15 is 0 Å². The molecule has 2 heteroatoms. The molecule has 0 amide bonds. The maximum atomic E-state index is 11.7. The molecule has 0 radical (unpaired) electrons. The van der Waals surface area contributed by atoms with E-state index in [1.807, 2.05) is 24.3 Å². The zero-order valence-electron chi connectivity index (χ0n) is 9.03. The van der Waals surface area contributed by atoms with Crippen LogP contribution in [0.1, 0.15) is 31.7 Å². The summed E-state index contributed by atoms with van der Waals surface area (Å²) in [5.74, 6) is 1.13. The van der Waals surface area contributed by atoms with Gasteiger partial charge in [0.1, 0.15) is 5.75 Å². The zero-order chi connectivity index (χ0) is 10.7. The second-order valence-electron chi connectivity index (χ2n) is 3.99. The van der Waals surface area contributed by atoms with Gasteiger partial charge >= 0.3 is 0 Å². The summed E-state index contributed by atoms with van der Waals surface area (Å²) in [7, 11) is 0. The lowest BCUT2D eigenvalue weighted by molar-refractivity contribution is -0.125. The normalized spacial score (nSPS) is 18.3. The first-order chi connectivity index (χ1) is 7.31. The summed E-state index contributed by atoms with van der Waals surface area (Å²) >= 11 is 0. The summed E-state index contributed by atoms with van der Waals surface area (Å²) in [4.78, 5) is 11.7. The molecule has 0 aromatic heterocycles. The average Bonchev–Trinajstić information content (AvgIpc) is 2.69. The smallest absolute Gasteiger partial charge is 0.173 e. The highest BCUT2D eigenvalue weighted by Crippen LogP contribution is 2.28. The number of fused-ring (bicyclic) bond motifs is 1. The van der Waals surface area contributed by atoms with Gasteiger partial charge in [0, 0.05) is 12.8 Å². The molecular formula is C13H16O2. The summed E-state index contributed by atoms with van der Waals surface area (Å²) in [6.45, 7) is 2.09. The Hall–Kier alpha value is -1.31. The summed E-state index contributed by atoms with van der Waals surface area (Å²) in [6, 6.07) is 7.89. The van der Waals surface area contributed by atoms with Crippen LogP contribution in [0.25, 0.3) is 0 Å². The summed E-state index contributed by atoms with van der Waals surface area (Å²) < 4.78 is 5.62. The molecule has 0 saturated heterocycles. The standard InChI is InChI=1S/C13H16O2/c1-2-3-7-11(14)13-9-10-6-4-5-8-12(10)15-13/h4-6,8,13H,2-3,7,9H2,1H3. The molecule has 1 unspecified atom stereocenters. The maximum absolute atomic E-state index is 11.7. The molecule has 1 aliphatic heterocycles. The SMILES string of the molecule is CCCCC(=O)C1Cc2ccccc2O1. The Balaban J connectivity index is 1.98. The van der Waals surface area contributed by atoms with Crippen LogP contribution in [0.15, 0.2) is 24.3 Å². The van der Waals surface area contributed by atoms with E-state index in [9.17, 15) is 4.79 Å². The molecule has 2 nitrogen and oxygen atoms in total. The van der Waals surface area contributed by atoms with E-state index in [2.05, 4.69) is 6.92 Å². The number of carbonyl (C=O) groups excluding carboxylic acids is 1. The number of ketones is 1. The van der Waals surface area contributed by atoms with Crippen molar-refractivity contribution in [3.05, 3.63) is 29.8 Å². The van der Waals surface area contributed by atoms with Gasteiger partial charge in [-0.25, -0.2) is 0 Å². The number of benzene rings is 1. The van der Waals surface area contributed by atoms with Crippen LogP contribution in [-0.2, 0) is 11.2 Å². The molecule has 0 fully saturated rings. The Morgan fingerprint density at radius 3 is 3.00 bits per heavy atom. The second kappa shape index (κ2) is 4.47. The van der Waals surface area contributed by atoms with Crippen molar-refractivity contribution in [2.75, 3.05) is 0 Å². The van der Waals surface area contributed by atoms with Crippen LogP contribution in [0.4, 0.5) is 0 Å². The van der Waals surface area contributed by atoms with E-state index in [-0.39, 0.29) is 11.9 Å². The van der Waals surface area contributed by atoms with Crippen LogP contribution in [0.3, 0.4) is 0 Å². The Kier molecular flexibility index (Phi) is 3.05. The maximum Gasteiger partial charge on any atom is 0.173 e. The van der Waals surface area contributed by atoms with Crippen molar-refractivity contribution in [2.24, 2.45) is 0 Å². The van der Waals surface area contributed by atoms with E-state index in [0.717, 1.165) is 30.6 Å². The molecule has 15 heavy (non-hydrogen) atoms. The molecule has 2 rings (SSSR count). The number of unbranched alkanes of at least 4 members (excludes halogenated alkanes) is 1. The first kappa shape index (κ1) is 10.2. The third-order valence-corrected chi connectivity index (χ3v) is 2.78. The number of hydrogen-bond donors (Lipinski definition) is 0. The number of carbonyl (C=O) groups is 1. The van der Waals surface area contributed by atoms with Gasteiger partial charge in [0.2, 0.25) is 0 Å². The predicted molar refractivity (Wildman–Crippen MR) is 59.1 cm³/mol. The minimum atomic E-state index is -0.228. The van der Waals surface area contributed by atoms with Crippen molar-refractivity contribution in [1.82, 2.24) is 0 Å². The molecule has 1 aliphatic rings. The lowest BCUT2D eigenvalue weighted by Crippen LogP contribution is -2.24. The molecule has 0 aliphatic carbocycles. The molecule has 1 aromatic carbocycles. The van der Waals surface area contributed by atoms with Crippen molar-refractivity contribution in [1.29, 1.82) is 0 Å². The predicted octanol–water partition coefficient (Wildman–Crippen LogP) is 2.75. The molecule has 0 spiro atoms. The number of Topliss-reactive ketones (excluding diaryl/α,β-unsaturated/α-hetero) is 1. The minimum absolute atomic E-state index is 0.228. The molecule has 1 atom stereocenters. The van der Waals surface area contributed by atoms with Crippen LogP contribution in [0, 0.1) is 0 Å². The van der Waals surface area contributed by atoms with E-state index < -0.39 is 0 Å². The average molecular weight is 204 g/mol. The summed E-state index contributed by atoms with van der Waals surface area (Å²) in [5, 5.41) is 0. The number of para-hydroxylation sites is 1. The lowest BCUT2D eigenvalue weighted by Gasteiger charge is -2.08. The van der Waals surface area contributed by atoms with Gasteiger partial charge in [0.05, 0.1) is 0 Å². The first-order valence-electron chi connectivity index (χ1n) is 5.58. The third-order valence-electron chi connectivity index (χ3n) is 2.78. The lowest BCUT2D eigenvalue weighted by atomic mass is 10.0. The zero-order valence-corrected chi connectivity index (χ0v) is 9.03. The van der Waals surface area contributed by atoms with Crippen LogP contribution < -0.4 is 4.74 Å². The van der Waals surface area contributed by atoms with Crippen molar-refractivity contribution < 1.29 is 9.53 Å². The molecule has 80 valence electrons. The Morgan fingerprint density at radius 1 is 1.47 bits per heavy atom. The Morgan fingerprint density at radius 2 is 2.27 bits per heavy atom. The van der Waals surface area contributed by atoms with Crippen LogP contribution in [0.5, 0.6) is 5.75 Å². The molecule has 0 N–H and O–H groups in total. The van der Waals surface area contributed by atoms with E-state index in [4.69, 9.17) is 4.74 Å². The van der Waals surface area contributed by atoms with Gasteiger partial charge in [0.15, 0.2) is 11.9 Å². The first-order valence-corrected chi connectivity index (χ1v) is 5.58. The quantitative estimate of drug-likeness (QED) is 0.753. The van der Waals surface area contributed by atoms with E-state index in [1.165, 1.54) is 0 Å². The highest BCUT2D eigenvalue weighted by Gasteiger charge is 2.27. The fourth-order valence-electron chi connectivity index (χ4n) is 1.87. The number of rotatable bonds is 4.